The summed E-state index contributed by atoms with van der Waals surface area (Å²) in [5.74, 6) is 0.175. The second kappa shape index (κ2) is 2.38. The Hall–Kier alpha value is -1.31. The van der Waals surface area contributed by atoms with E-state index in [9.17, 15) is 4.79 Å². The van der Waals surface area contributed by atoms with Crippen LogP contribution in [0.2, 0.25) is 0 Å². The summed E-state index contributed by atoms with van der Waals surface area (Å²) in [5.41, 5.74) is 1.15. The molecular weight excluding hydrogens is 138 g/mol. The Bertz CT molecular complexity index is 271. The molecule has 0 spiro atoms. The van der Waals surface area contributed by atoms with Gasteiger partial charge in [-0.3, -0.25) is 4.79 Å². The van der Waals surface area contributed by atoms with Gasteiger partial charge in [-0.2, -0.15) is 0 Å². The largest absolute Gasteiger partial charge is 0.341 e. The smallest absolute Gasteiger partial charge is 0.175 e. The lowest BCUT2D eigenvalue weighted by molar-refractivity contribution is -0.115. The number of nitrogens with zero attached hydrogens (tertiary/aromatic N) is 1. The van der Waals surface area contributed by atoms with Crippen LogP contribution in [0.4, 0.5) is 0 Å². The maximum atomic E-state index is 10.9. The van der Waals surface area contributed by atoms with Gasteiger partial charge in [0.15, 0.2) is 5.78 Å². The zero-order valence-electron chi connectivity index (χ0n) is 6.16. The molecule has 0 aliphatic carbocycles. The van der Waals surface area contributed by atoms with Crippen molar-refractivity contribution in [3.63, 3.8) is 0 Å². The van der Waals surface area contributed by atoms with Gasteiger partial charge in [0.25, 0.3) is 0 Å². The normalized spacial score (nSPS) is 21.6. The van der Waals surface area contributed by atoms with Gasteiger partial charge in [-0.25, -0.2) is 0 Å². The van der Waals surface area contributed by atoms with Gasteiger partial charge in [0.1, 0.15) is 0 Å². The summed E-state index contributed by atoms with van der Waals surface area (Å²) in [5, 5.41) is 0. The molecule has 11 heavy (non-hydrogen) atoms. The third-order valence-corrected chi connectivity index (χ3v) is 1.85. The van der Waals surface area contributed by atoms with Gasteiger partial charge in [0.2, 0.25) is 0 Å². The highest BCUT2D eigenvalue weighted by Gasteiger charge is 2.14. The van der Waals surface area contributed by atoms with Gasteiger partial charge < -0.3 is 4.90 Å². The van der Waals surface area contributed by atoms with Crippen molar-refractivity contribution < 1.29 is 4.79 Å². The van der Waals surface area contributed by atoms with Crippen LogP contribution in [0.1, 0.15) is 6.42 Å². The summed E-state index contributed by atoms with van der Waals surface area (Å²) in [7, 11) is 0. The van der Waals surface area contributed by atoms with E-state index >= 15 is 0 Å². The molecule has 0 aromatic rings. The van der Waals surface area contributed by atoms with Crippen molar-refractivity contribution in [3.05, 3.63) is 36.2 Å². The third-order valence-electron chi connectivity index (χ3n) is 1.85. The fourth-order valence-electron chi connectivity index (χ4n) is 1.29. The number of hydrogen-bond donors (Lipinski definition) is 0. The quantitative estimate of drug-likeness (QED) is 0.513. The molecule has 0 atom stereocenters. The molecular formula is C9H9NO. The molecule has 0 saturated carbocycles. The fraction of sp³-hybridized carbons (Fsp3) is 0.222. The van der Waals surface area contributed by atoms with Crippen LogP contribution in [0.15, 0.2) is 36.2 Å². The van der Waals surface area contributed by atoms with Crippen LogP contribution in [0.5, 0.6) is 0 Å². The monoisotopic (exact) mass is 147 g/mol. The molecule has 0 N–H and O–H groups in total. The van der Waals surface area contributed by atoms with Crippen LogP contribution >= 0.6 is 0 Å². The Kier molecular flexibility index (Phi) is 1.39. The van der Waals surface area contributed by atoms with Crippen LogP contribution in [0.25, 0.3) is 0 Å². The van der Waals surface area contributed by atoms with Crippen LogP contribution in [0.3, 0.4) is 0 Å². The lowest BCUT2D eigenvalue weighted by Crippen LogP contribution is -2.27. The number of carbonyl (C=O) groups is 1. The molecule has 0 radical (unpaired) electrons. The molecule has 0 aromatic heterocycles. The molecule has 2 heterocycles. The predicted octanol–water partition coefficient (Wildman–Crippen LogP) is 1.23. The topological polar surface area (TPSA) is 20.3 Å². The number of hydrogen-bond acceptors (Lipinski definition) is 2. The molecule has 2 rings (SSSR count). The first kappa shape index (κ1) is 6.40. The highest BCUT2D eigenvalue weighted by molar-refractivity contribution is 5.93. The minimum Gasteiger partial charge on any atom is -0.341 e. The molecule has 2 aliphatic rings. The summed E-state index contributed by atoms with van der Waals surface area (Å²) in [6.07, 6.45) is 10.6. The number of allylic oxidation sites excluding steroid dienone is 3. The van der Waals surface area contributed by atoms with Gasteiger partial charge in [0.05, 0.1) is 6.54 Å². The average Bonchev–Trinajstić information content (AvgIpc) is 2.04. The minimum absolute atomic E-state index is 0.175. The molecule has 2 nitrogen and oxygen atoms in total. The molecule has 0 saturated heterocycles. The van der Waals surface area contributed by atoms with Crippen molar-refractivity contribution in [2.24, 2.45) is 0 Å². The van der Waals surface area contributed by atoms with Crippen molar-refractivity contribution >= 4 is 5.78 Å². The molecule has 0 aromatic carbocycles. The zero-order valence-corrected chi connectivity index (χ0v) is 6.16. The third kappa shape index (κ3) is 1.11. The standard InChI is InChI=1S/C9H9NO/c11-9-5-4-8-3-1-2-6-10(8)7-9/h2-6H,1,7H2. The zero-order chi connectivity index (χ0) is 7.68. The maximum Gasteiger partial charge on any atom is 0.175 e. The first-order valence-electron chi connectivity index (χ1n) is 3.70. The fourth-order valence-corrected chi connectivity index (χ4v) is 1.29. The summed E-state index contributed by atoms with van der Waals surface area (Å²) in [6.45, 7) is 0.499. The van der Waals surface area contributed by atoms with Gasteiger partial charge in [0, 0.05) is 11.9 Å². The van der Waals surface area contributed by atoms with Gasteiger partial charge in [-0.1, -0.05) is 12.2 Å². The van der Waals surface area contributed by atoms with E-state index in [0.29, 0.717) is 6.54 Å². The van der Waals surface area contributed by atoms with E-state index in [0.717, 1.165) is 12.1 Å². The SMILES string of the molecule is O=C1C=CC2=CCC=CN2C1. The van der Waals surface area contributed by atoms with Crippen LogP contribution in [-0.2, 0) is 4.79 Å². The number of carbonyl (C=O) groups excluding carboxylic acids is 1. The lowest BCUT2D eigenvalue weighted by atomic mass is 10.1. The summed E-state index contributed by atoms with van der Waals surface area (Å²) >= 11 is 0. The highest BCUT2D eigenvalue weighted by atomic mass is 16.1. The van der Waals surface area contributed by atoms with E-state index < -0.39 is 0 Å². The maximum absolute atomic E-state index is 10.9. The Morgan fingerprint density at radius 1 is 1.36 bits per heavy atom. The summed E-state index contributed by atoms with van der Waals surface area (Å²) in [6, 6.07) is 0. The predicted molar refractivity (Wildman–Crippen MR) is 42.7 cm³/mol. The first-order valence-corrected chi connectivity index (χ1v) is 3.70. The van der Waals surface area contributed by atoms with Gasteiger partial charge >= 0.3 is 0 Å². The molecule has 0 unspecified atom stereocenters. The molecule has 2 aliphatic heterocycles. The Morgan fingerprint density at radius 2 is 2.27 bits per heavy atom. The molecule has 0 bridgehead atoms. The lowest BCUT2D eigenvalue weighted by Gasteiger charge is -2.25. The van der Waals surface area contributed by atoms with Crippen molar-refractivity contribution in [3.8, 4) is 0 Å². The van der Waals surface area contributed by atoms with E-state index in [1.165, 1.54) is 0 Å². The van der Waals surface area contributed by atoms with E-state index in [-0.39, 0.29) is 5.78 Å². The second-order valence-corrected chi connectivity index (χ2v) is 2.68. The second-order valence-electron chi connectivity index (χ2n) is 2.68. The molecule has 2 heteroatoms. The van der Waals surface area contributed by atoms with E-state index in [2.05, 4.69) is 12.2 Å². The van der Waals surface area contributed by atoms with Crippen LogP contribution in [0, 0.1) is 0 Å². The van der Waals surface area contributed by atoms with Crippen molar-refractivity contribution in [2.45, 2.75) is 6.42 Å². The number of ketones is 1. The van der Waals surface area contributed by atoms with Gasteiger partial charge in [-0.05, 0) is 18.6 Å². The average molecular weight is 147 g/mol. The summed E-state index contributed by atoms with van der Waals surface area (Å²) < 4.78 is 0. The van der Waals surface area contributed by atoms with E-state index in [4.69, 9.17) is 0 Å². The Balaban J connectivity index is 2.31. The van der Waals surface area contributed by atoms with Crippen LogP contribution in [-0.4, -0.2) is 17.2 Å². The van der Waals surface area contributed by atoms with E-state index in [1.54, 1.807) is 6.08 Å². The van der Waals surface area contributed by atoms with Crippen molar-refractivity contribution in [1.82, 2.24) is 4.90 Å². The Labute approximate surface area is 65.5 Å². The number of fused-ring (bicyclic) bond motifs is 1. The molecule has 56 valence electrons. The highest BCUT2D eigenvalue weighted by Crippen LogP contribution is 2.16. The molecule has 0 amide bonds. The minimum atomic E-state index is 0.175. The van der Waals surface area contributed by atoms with Crippen LogP contribution < -0.4 is 0 Å². The number of rotatable bonds is 0. The van der Waals surface area contributed by atoms with Gasteiger partial charge in [-0.15, -0.1) is 0 Å². The molecule has 0 fully saturated rings. The first-order chi connectivity index (χ1) is 5.36. The van der Waals surface area contributed by atoms with Crippen molar-refractivity contribution in [1.29, 1.82) is 0 Å². The Morgan fingerprint density at radius 3 is 3.18 bits per heavy atom. The van der Waals surface area contributed by atoms with Crippen molar-refractivity contribution in [2.75, 3.05) is 6.54 Å². The summed E-state index contributed by atoms with van der Waals surface area (Å²) in [4.78, 5) is 12.9. The van der Waals surface area contributed by atoms with E-state index in [1.807, 2.05) is 17.2 Å².